The Kier molecular flexibility index (Phi) is 12.6. The first-order chi connectivity index (χ1) is 32.2. The van der Waals surface area contributed by atoms with Crippen LogP contribution in [0.25, 0.3) is 22.1 Å². The van der Waals surface area contributed by atoms with Crippen LogP contribution in [0.5, 0.6) is 23.3 Å². The van der Waals surface area contributed by atoms with Crippen molar-refractivity contribution in [3.05, 3.63) is 156 Å². The fourth-order valence-corrected chi connectivity index (χ4v) is 8.33. The molecule has 2 aliphatic heterocycles. The monoisotopic (exact) mass is 882 g/mol. The second kappa shape index (κ2) is 19.3. The summed E-state index contributed by atoms with van der Waals surface area (Å²) < 4.78 is 12.1. The molecular formula is C50H46N10O6. The second-order valence-electron chi connectivity index (χ2n) is 16.2. The maximum atomic E-state index is 12.8. The first-order valence-corrected chi connectivity index (χ1v) is 21.8. The summed E-state index contributed by atoms with van der Waals surface area (Å²) in [6, 6.07) is 28.8. The number of piperidine rings is 2. The third-order valence-corrected chi connectivity index (χ3v) is 11.8. The van der Waals surface area contributed by atoms with Gasteiger partial charge in [-0.05, 0) is 98.5 Å². The van der Waals surface area contributed by atoms with E-state index in [1.165, 1.54) is 0 Å². The molecule has 2 aliphatic rings. The number of H-pyrrole nitrogens is 2. The lowest BCUT2D eigenvalue weighted by atomic mass is 9.94. The van der Waals surface area contributed by atoms with Gasteiger partial charge >= 0.3 is 0 Å². The van der Waals surface area contributed by atoms with E-state index in [0.29, 0.717) is 59.1 Å². The fraction of sp³-hybridized carbons (Fsp3) is 0.240. The smallest absolute Gasteiger partial charge is 0.241 e. The third kappa shape index (κ3) is 9.67. The van der Waals surface area contributed by atoms with E-state index in [4.69, 9.17) is 9.47 Å². The summed E-state index contributed by atoms with van der Waals surface area (Å²) in [7, 11) is 0. The Morgan fingerprint density at radius 3 is 1.32 bits per heavy atom. The highest BCUT2D eigenvalue weighted by Gasteiger charge is 2.29. The van der Waals surface area contributed by atoms with E-state index in [1.807, 2.05) is 58.3 Å². The van der Waals surface area contributed by atoms with Crippen LogP contribution in [-0.4, -0.2) is 99.2 Å². The van der Waals surface area contributed by atoms with Crippen LogP contribution in [-0.2, 0) is 9.59 Å². The molecule has 0 unspecified atom stereocenters. The number of para-hydroxylation sites is 4. The molecule has 0 saturated carbocycles. The quantitative estimate of drug-likeness (QED) is 0.125. The Labute approximate surface area is 379 Å². The first kappa shape index (κ1) is 43.1. The number of carbonyl (C=O) groups excluding carboxylic acids is 4. The van der Waals surface area contributed by atoms with E-state index in [1.54, 1.807) is 87.2 Å². The zero-order chi connectivity index (χ0) is 45.6. The van der Waals surface area contributed by atoms with Gasteiger partial charge in [0.25, 0.3) is 0 Å². The number of hydrogen-bond donors (Lipinski definition) is 2. The Morgan fingerprint density at radius 2 is 0.924 bits per heavy atom. The normalized spacial score (nSPS) is 16.0. The van der Waals surface area contributed by atoms with Crippen molar-refractivity contribution in [3.8, 4) is 23.3 Å². The van der Waals surface area contributed by atoms with Crippen molar-refractivity contribution in [2.45, 2.75) is 51.4 Å². The molecule has 2 atom stereocenters. The van der Waals surface area contributed by atoms with Gasteiger partial charge in [-0.15, -0.1) is 0 Å². The molecule has 2 amide bonds. The van der Waals surface area contributed by atoms with Crippen LogP contribution in [0.2, 0.25) is 0 Å². The van der Waals surface area contributed by atoms with Crippen molar-refractivity contribution in [2.24, 2.45) is 0 Å². The van der Waals surface area contributed by atoms with Gasteiger partial charge in [0.1, 0.15) is 22.9 Å². The van der Waals surface area contributed by atoms with E-state index in [-0.39, 0.29) is 35.2 Å². The average Bonchev–Trinajstić information content (AvgIpc) is 4.00. The van der Waals surface area contributed by atoms with Crippen molar-refractivity contribution in [1.29, 1.82) is 0 Å². The number of nitrogens with zero attached hydrogens (tertiary/aromatic N) is 8. The SMILES string of the molecule is CC(=O)N1CCC[C@@H](c2nccnc2Oc2ccc(C(=O)c3nc4ccccc4[nH]3)cc2)C1.CC(=O)N1CCC[C@H](c2nccnc2Oc2ccc(C(=O)c3nc4ccccc4[nH]3)cc2)C1. The molecule has 10 rings (SSSR count). The molecular weight excluding hydrogens is 837 g/mol. The van der Waals surface area contributed by atoms with Gasteiger partial charge in [0.15, 0.2) is 11.6 Å². The number of aromatic nitrogens is 8. The number of carbonyl (C=O) groups is 4. The van der Waals surface area contributed by atoms with Crippen molar-refractivity contribution in [2.75, 3.05) is 26.2 Å². The van der Waals surface area contributed by atoms with Gasteiger partial charge in [-0.25, -0.2) is 19.9 Å². The van der Waals surface area contributed by atoms with E-state index in [2.05, 4.69) is 39.9 Å². The molecule has 66 heavy (non-hydrogen) atoms. The standard InChI is InChI=1S/2C25H23N5O3/c2*1-16(31)30-14-4-5-18(15-30)22-25(27-13-12-26-22)33-19-10-8-17(9-11-19)23(32)24-28-20-6-2-3-7-21(20)29-24/h2*2-3,6-13,18H,4-5,14-15H2,1H3,(H,28,29)/t2*18-/m10/s1. The minimum atomic E-state index is -0.190. The topological polar surface area (TPSA) is 202 Å². The summed E-state index contributed by atoms with van der Waals surface area (Å²) in [6.45, 7) is 5.92. The zero-order valence-corrected chi connectivity index (χ0v) is 36.4. The molecule has 332 valence electrons. The van der Waals surface area contributed by atoms with Gasteiger partial charge in [0, 0.05) is 87.8 Å². The number of nitrogens with one attached hydrogen (secondary N) is 2. The maximum absolute atomic E-state index is 12.8. The number of amides is 2. The number of hydrogen-bond acceptors (Lipinski definition) is 12. The van der Waals surface area contributed by atoms with Gasteiger partial charge in [-0.2, -0.15) is 0 Å². The Hall–Kier alpha value is -8.14. The number of fused-ring (bicyclic) bond motifs is 2. The highest BCUT2D eigenvalue weighted by atomic mass is 16.5. The van der Waals surface area contributed by atoms with Gasteiger partial charge in [0.2, 0.25) is 35.1 Å². The van der Waals surface area contributed by atoms with Crippen molar-refractivity contribution >= 4 is 45.4 Å². The summed E-state index contributed by atoms with van der Waals surface area (Å²) in [4.78, 5) is 85.7. The number of imidazole rings is 2. The summed E-state index contributed by atoms with van der Waals surface area (Å²) in [5.41, 5.74) is 5.64. The first-order valence-electron chi connectivity index (χ1n) is 21.8. The molecule has 2 fully saturated rings. The van der Waals surface area contributed by atoms with E-state index >= 15 is 0 Å². The highest BCUT2D eigenvalue weighted by Crippen LogP contribution is 2.34. The minimum Gasteiger partial charge on any atom is -0.437 e. The van der Waals surface area contributed by atoms with Gasteiger partial charge in [0.05, 0.1) is 22.1 Å². The summed E-state index contributed by atoms with van der Waals surface area (Å²) >= 11 is 0. The molecule has 4 aromatic heterocycles. The Balaban J connectivity index is 0.000000166. The predicted molar refractivity (Wildman–Crippen MR) is 245 cm³/mol. The number of ether oxygens (including phenoxy) is 2. The average molecular weight is 883 g/mol. The van der Waals surface area contributed by atoms with Crippen LogP contribution in [0.4, 0.5) is 0 Å². The number of benzene rings is 4. The molecule has 0 bridgehead atoms. The molecule has 0 spiro atoms. The third-order valence-electron chi connectivity index (χ3n) is 11.8. The van der Waals surface area contributed by atoms with Gasteiger partial charge < -0.3 is 29.2 Å². The molecule has 4 aromatic carbocycles. The molecule has 8 aromatic rings. The number of aromatic amines is 2. The minimum absolute atomic E-state index is 0.0655. The summed E-state index contributed by atoms with van der Waals surface area (Å²) in [5.74, 6) is 2.44. The lowest BCUT2D eigenvalue weighted by Crippen LogP contribution is -2.38. The second-order valence-corrected chi connectivity index (χ2v) is 16.2. The van der Waals surface area contributed by atoms with Crippen LogP contribution in [0.1, 0.15) is 95.1 Å². The Morgan fingerprint density at radius 1 is 0.530 bits per heavy atom. The van der Waals surface area contributed by atoms with Crippen LogP contribution in [0.15, 0.2) is 122 Å². The van der Waals surface area contributed by atoms with Gasteiger partial charge in [-0.1, -0.05) is 24.3 Å². The number of likely N-dealkylation sites (tertiary alicyclic amines) is 2. The van der Waals surface area contributed by atoms with E-state index in [9.17, 15) is 19.2 Å². The van der Waals surface area contributed by atoms with Crippen molar-refractivity contribution < 1.29 is 28.7 Å². The summed E-state index contributed by atoms with van der Waals surface area (Å²) in [5, 5.41) is 0. The zero-order valence-electron chi connectivity index (χ0n) is 36.4. The van der Waals surface area contributed by atoms with Crippen LogP contribution >= 0.6 is 0 Å². The lowest BCUT2D eigenvalue weighted by molar-refractivity contribution is -0.130. The fourth-order valence-electron chi connectivity index (χ4n) is 8.33. The number of rotatable bonds is 10. The van der Waals surface area contributed by atoms with E-state index < -0.39 is 0 Å². The van der Waals surface area contributed by atoms with Crippen molar-refractivity contribution in [3.63, 3.8) is 0 Å². The molecule has 16 nitrogen and oxygen atoms in total. The van der Waals surface area contributed by atoms with E-state index in [0.717, 1.165) is 72.2 Å². The molecule has 0 radical (unpaired) electrons. The molecule has 16 heteroatoms. The van der Waals surface area contributed by atoms with Crippen LogP contribution in [0, 0.1) is 0 Å². The van der Waals surface area contributed by atoms with Crippen LogP contribution < -0.4 is 9.47 Å². The molecule has 0 aliphatic carbocycles. The van der Waals surface area contributed by atoms with Crippen LogP contribution in [0.3, 0.4) is 0 Å². The molecule has 2 saturated heterocycles. The lowest BCUT2D eigenvalue weighted by Gasteiger charge is -2.32. The van der Waals surface area contributed by atoms with Crippen molar-refractivity contribution in [1.82, 2.24) is 49.7 Å². The Bertz CT molecular complexity index is 2770. The predicted octanol–water partition coefficient (Wildman–Crippen LogP) is 8.20. The number of ketones is 2. The molecule has 2 N–H and O–H groups in total. The highest BCUT2D eigenvalue weighted by molar-refractivity contribution is 6.08. The molecule has 6 heterocycles. The maximum Gasteiger partial charge on any atom is 0.241 e. The summed E-state index contributed by atoms with van der Waals surface area (Å²) in [6.07, 6.45) is 10.1. The largest absolute Gasteiger partial charge is 0.437 e. The van der Waals surface area contributed by atoms with Gasteiger partial charge in [-0.3, -0.25) is 29.1 Å².